The number of carbonyl (C=O) groups is 1. The first-order chi connectivity index (χ1) is 11.5. The van der Waals surface area contributed by atoms with Crippen LogP contribution in [0.5, 0.6) is 0 Å². The van der Waals surface area contributed by atoms with E-state index in [1.54, 1.807) is 31.2 Å². The molecule has 1 amide bonds. The van der Waals surface area contributed by atoms with Gasteiger partial charge in [-0.1, -0.05) is 34.4 Å². The van der Waals surface area contributed by atoms with Gasteiger partial charge in [-0.05, 0) is 19.1 Å². The van der Waals surface area contributed by atoms with Crippen LogP contribution in [0.3, 0.4) is 0 Å². The number of hydrogen-bond acceptors (Lipinski definition) is 6. The Morgan fingerprint density at radius 2 is 1.96 bits per heavy atom. The fourth-order valence-corrected chi connectivity index (χ4v) is 2.19. The Bertz CT molecular complexity index is 880. The van der Waals surface area contributed by atoms with Crippen LogP contribution in [-0.4, -0.2) is 21.0 Å². The van der Waals surface area contributed by atoms with E-state index < -0.39 is 5.91 Å². The van der Waals surface area contributed by atoms with E-state index in [-0.39, 0.29) is 10.6 Å². The van der Waals surface area contributed by atoms with Crippen molar-refractivity contribution in [3.63, 3.8) is 0 Å². The molecule has 0 aliphatic rings. The van der Waals surface area contributed by atoms with Crippen LogP contribution in [0, 0.1) is 6.92 Å². The van der Waals surface area contributed by atoms with Gasteiger partial charge in [-0.15, -0.1) is 0 Å². The Labute approximate surface area is 147 Å². The third kappa shape index (κ3) is 3.64. The Balaban J connectivity index is 1.70. The molecule has 0 aliphatic heterocycles. The van der Waals surface area contributed by atoms with Crippen LogP contribution >= 0.6 is 23.2 Å². The van der Waals surface area contributed by atoms with Gasteiger partial charge in [-0.2, -0.15) is 0 Å². The molecule has 7 nitrogen and oxygen atoms in total. The fraction of sp³-hybridized carbons (Fsp3) is 0.0667. The molecule has 0 saturated heterocycles. The maximum absolute atomic E-state index is 12.2. The molecule has 3 aromatic rings. The second kappa shape index (κ2) is 6.86. The molecular formula is C15H11Cl2N5O2. The maximum atomic E-state index is 12.2. The lowest BCUT2D eigenvalue weighted by Crippen LogP contribution is -2.13. The lowest BCUT2D eigenvalue weighted by Gasteiger charge is -2.08. The van der Waals surface area contributed by atoms with Gasteiger partial charge in [0.05, 0.1) is 21.3 Å². The SMILES string of the molecule is Cc1cc(Nc2ncc(C(=O)Nc3cccc(Cl)c3Cl)cn2)no1. The van der Waals surface area contributed by atoms with Crippen molar-refractivity contribution in [1.82, 2.24) is 15.1 Å². The monoisotopic (exact) mass is 363 g/mol. The Kier molecular flexibility index (Phi) is 4.64. The van der Waals surface area contributed by atoms with E-state index in [4.69, 9.17) is 27.7 Å². The molecule has 24 heavy (non-hydrogen) atoms. The summed E-state index contributed by atoms with van der Waals surface area (Å²) in [6.45, 7) is 1.77. The largest absolute Gasteiger partial charge is 0.360 e. The summed E-state index contributed by atoms with van der Waals surface area (Å²) in [7, 11) is 0. The second-order valence-electron chi connectivity index (χ2n) is 4.80. The summed E-state index contributed by atoms with van der Waals surface area (Å²) in [6, 6.07) is 6.67. The van der Waals surface area contributed by atoms with Crippen LogP contribution in [0.4, 0.5) is 17.5 Å². The van der Waals surface area contributed by atoms with Crippen LogP contribution in [0.15, 0.2) is 41.2 Å². The number of rotatable bonds is 4. The lowest BCUT2D eigenvalue weighted by atomic mass is 10.2. The quantitative estimate of drug-likeness (QED) is 0.725. The van der Waals surface area contributed by atoms with E-state index in [1.165, 1.54) is 12.4 Å². The maximum Gasteiger partial charge on any atom is 0.258 e. The minimum atomic E-state index is -0.400. The van der Waals surface area contributed by atoms with E-state index in [9.17, 15) is 4.79 Å². The minimum absolute atomic E-state index is 0.271. The van der Waals surface area contributed by atoms with Crippen LogP contribution in [0.2, 0.25) is 10.0 Å². The summed E-state index contributed by atoms with van der Waals surface area (Å²) in [6.07, 6.45) is 2.77. The van der Waals surface area contributed by atoms with Gasteiger partial charge in [0, 0.05) is 18.5 Å². The fourth-order valence-electron chi connectivity index (χ4n) is 1.84. The number of anilines is 3. The molecule has 2 N–H and O–H groups in total. The molecule has 0 unspecified atom stereocenters. The van der Waals surface area contributed by atoms with Crippen LogP contribution in [0.25, 0.3) is 0 Å². The summed E-state index contributed by atoms with van der Waals surface area (Å²) >= 11 is 12.0. The molecule has 0 atom stereocenters. The highest BCUT2D eigenvalue weighted by Crippen LogP contribution is 2.29. The molecule has 0 aliphatic carbocycles. The Morgan fingerprint density at radius 3 is 2.62 bits per heavy atom. The van der Waals surface area contributed by atoms with Crippen molar-refractivity contribution in [2.45, 2.75) is 6.92 Å². The Hall–Kier alpha value is -2.64. The predicted octanol–water partition coefficient (Wildman–Crippen LogP) is 4.08. The van der Waals surface area contributed by atoms with E-state index >= 15 is 0 Å². The molecule has 0 saturated carbocycles. The average molecular weight is 364 g/mol. The van der Waals surface area contributed by atoms with Gasteiger partial charge in [-0.25, -0.2) is 9.97 Å². The van der Waals surface area contributed by atoms with Crippen molar-refractivity contribution in [1.29, 1.82) is 0 Å². The van der Waals surface area contributed by atoms with Crippen molar-refractivity contribution in [3.8, 4) is 0 Å². The summed E-state index contributed by atoms with van der Waals surface area (Å²) in [5.74, 6) is 1.03. The van der Waals surface area contributed by atoms with Gasteiger partial charge in [0.1, 0.15) is 5.76 Å². The van der Waals surface area contributed by atoms with Crippen LogP contribution < -0.4 is 10.6 Å². The number of nitrogens with one attached hydrogen (secondary N) is 2. The molecule has 1 aromatic carbocycles. The summed E-state index contributed by atoms with van der Waals surface area (Å²) in [5.41, 5.74) is 0.683. The molecule has 122 valence electrons. The molecule has 2 aromatic heterocycles. The molecular weight excluding hydrogens is 353 g/mol. The highest BCUT2D eigenvalue weighted by Gasteiger charge is 2.11. The van der Waals surface area contributed by atoms with Gasteiger partial charge >= 0.3 is 0 Å². The van der Waals surface area contributed by atoms with Gasteiger partial charge in [0.15, 0.2) is 5.82 Å². The van der Waals surface area contributed by atoms with Crippen molar-refractivity contribution >= 4 is 46.6 Å². The topological polar surface area (TPSA) is 92.9 Å². The third-order valence-electron chi connectivity index (χ3n) is 2.98. The summed E-state index contributed by atoms with van der Waals surface area (Å²) < 4.78 is 4.93. The molecule has 9 heteroatoms. The van der Waals surface area contributed by atoms with Crippen molar-refractivity contribution in [2.24, 2.45) is 0 Å². The lowest BCUT2D eigenvalue weighted by molar-refractivity contribution is 0.102. The number of amides is 1. The summed E-state index contributed by atoms with van der Waals surface area (Å²) in [5, 5.41) is 9.91. The predicted molar refractivity (Wildman–Crippen MR) is 91.0 cm³/mol. The normalized spacial score (nSPS) is 10.5. The smallest absolute Gasteiger partial charge is 0.258 e. The van der Waals surface area contributed by atoms with E-state index in [1.807, 2.05) is 0 Å². The number of aromatic nitrogens is 3. The average Bonchev–Trinajstić information content (AvgIpc) is 2.97. The van der Waals surface area contributed by atoms with Crippen LogP contribution in [-0.2, 0) is 0 Å². The number of benzene rings is 1. The number of hydrogen-bond donors (Lipinski definition) is 2. The van der Waals surface area contributed by atoms with E-state index in [0.717, 1.165) is 0 Å². The third-order valence-corrected chi connectivity index (χ3v) is 3.80. The van der Waals surface area contributed by atoms with Gasteiger partial charge in [0.2, 0.25) is 5.95 Å². The zero-order valence-electron chi connectivity index (χ0n) is 12.4. The first-order valence-electron chi connectivity index (χ1n) is 6.80. The number of aryl methyl sites for hydroxylation is 1. The molecule has 2 heterocycles. The Morgan fingerprint density at radius 1 is 1.21 bits per heavy atom. The molecule has 3 rings (SSSR count). The van der Waals surface area contributed by atoms with Gasteiger partial charge < -0.3 is 15.2 Å². The van der Waals surface area contributed by atoms with Crippen molar-refractivity contribution < 1.29 is 9.32 Å². The molecule has 0 radical (unpaired) electrons. The van der Waals surface area contributed by atoms with E-state index in [0.29, 0.717) is 28.2 Å². The highest BCUT2D eigenvalue weighted by molar-refractivity contribution is 6.44. The number of halogens is 2. The van der Waals surface area contributed by atoms with E-state index in [2.05, 4.69) is 25.8 Å². The summed E-state index contributed by atoms with van der Waals surface area (Å²) in [4.78, 5) is 20.3. The molecule has 0 spiro atoms. The molecule has 0 fully saturated rings. The highest BCUT2D eigenvalue weighted by atomic mass is 35.5. The standard InChI is InChI=1S/C15H11Cl2N5O2/c1-8-5-12(22-24-8)21-15-18-6-9(7-19-15)14(23)20-11-4-2-3-10(16)13(11)17/h2-7H,1H3,(H,20,23)(H,18,19,21,22). The second-order valence-corrected chi connectivity index (χ2v) is 5.58. The number of nitrogens with zero attached hydrogens (tertiary/aromatic N) is 3. The van der Waals surface area contributed by atoms with Crippen molar-refractivity contribution in [3.05, 3.63) is 58.0 Å². The zero-order valence-corrected chi connectivity index (χ0v) is 13.9. The van der Waals surface area contributed by atoms with Gasteiger partial charge in [-0.3, -0.25) is 4.79 Å². The minimum Gasteiger partial charge on any atom is -0.360 e. The zero-order chi connectivity index (χ0) is 17.1. The van der Waals surface area contributed by atoms with Gasteiger partial charge in [0.25, 0.3) is 5.91 Å². The first-order valence-corrected chi connectivity index (χ1v) is 7.56. The first kappa shape index (κ1) is 16.2. The van der Waals surface area contributed by atoms with Crippen LogP contribution in [0.1, 0.15) is 16.1 Å². The molecule has 0 bridgehead atoms. The van der Waals surface area contributed by atoms with Crippen molar-refractivity contribution in [2.75, 3.05) is 10.6 Å². The number of carbonyl (C=O) groups excluding carboxylic acids is 1.